The number of para-hydroxylation sites is 1. The van der Waals surface area contributed by atoms with Crippen molar-refractivity contribution in [3.8, 4) is 11.5 Å². The summed E-state index contributed by atoms with van der Waals surface area (Å²) in [5.74, 6) is 0.403. The molecule has 9 heteroatoms. The van der Waals surface area contributed by atoms with E-state index in [1.54, 1.807) is 43.3 Å². The van der Waals surface area contributed by atoms with Crippen LogP contribution in [0.4, 0.5) is 5.69 Å². The number of rotatable bonds is 15. The number of hydrogen-bond acceptors (Lipinski definition) is 5. The smallest absolute Gasteiger partial charge is 0.264 e. The van der Waals surface area contributed by atoms with Gasteiger partial charge in [-0.15, -0.1) is 0 Å². The minimum absolute atomic E-state index is 0.0618. The topological polar surface area (TPSA) is 96.0 Å². The van der Waals surface area contributed by atoms with E-state index >= 15 is 0 Å². The molecule has 236 valence electrons. The molecule has 0 fully saturated rings. The van der Waals surface area contributed by atoms with Crippen molar-refractivity contribution in [2.45, 2.75) is 51.0 Å². The van der Waals surface area contributed by atoms with Gasteiger partial charge in [0.05, 0.1) is 10.6 Å². The van der Waals surface area contributed by atoms with Gasteiger partial charge in [-0.05, 0) is 80.8 Å². The van der Waals surface area contributed by atoms with E-state index in [2.05, 4.69) is 5.32 Å². The summed E-state index contributed by atoms with van der Waals surface area (Å²) in [6.45, 7) is 5.85. The summed E-state index contributed by atoms with van der Waals surface area (Å²) in [6, 6.07) is 31.2. The molecular weight excluding hydrogens is 586 g/mol. The van der Waals surface area contributed by atoms with E-state index in [0.29, 0.717) is 30.2 Å². The normalized spacial score (nSPS) is 11.8. The number of aryl methyl sites for hydroxylation is 1. The molecule has 0 saturated heterocycles. The molecule has 45 heavy (non-hydrogen) atoms. The Bertz CT molecular complexity index is 1630. The lowest BCUT2D eigenvalue weighted by Crippen LogP contribution is -2.52. The predicted octanol–water partition coefficient (Wildman–Crippen LogP) is 6.36. The van der Waals surface area contributed by atoms with Crippen LogP contribution >= 0.6 is 0 Å². The molecule has 0 saturated carbocycles. The molecule has 0 aliphatic rings. The van der Waals surface area contributed by atoms with Crippen LogP contribution in [0.3, 0.4) is 0 Å². The fourth-order valence-corrected chi connectivity index (χ4v) is 6.19. The summed E-state index contributed by atoms with van der Waals surface area (Å²) in [4.78, 5) is 28.7. The van der Waals surface area contributed by atoms with E-state index in [1.807, 2.05) is 74.5 Å². The number of anilines is 1. The number of sulfonamides is 1. The number of ether oxygens (including phenoxy) is 1. The molecule has 1 atom stereocenters. The third-order valence-corrected chi connectivity index (χ3v) is 9.26. The van der Waals surface area contributed by atoms with Gasteiger partial charge in [-0.25, -0.2) is 8.42 Å². The number of amides is 2. The molecule has 0 heterocycles. The lowest BCUT2D eigenvalue weighted by atomic mass is 10.1. The lowest BCUT2D eigenvalue weighted by Gasteiger charge is -2.32. The van der Waals surface area contributed by atoms with Crippen LogP contribution in [0.15, 0.2) is 114 Å². The molecule has 4 aromatic rings. The number of carbonyl (C=O) groups excluding carboxylic acids is 2. The second-order valence-corrected chi connectivity index (χ2v) is 12.7. The first kappa shape index (κ1) is 33.3. The number of benzene rings is 4. The molecule has 0 unspecified atom stereocenters. The number of carbonyl (C=O) groups is 2. The van der Waals surface area contributed by atoms with Crippen molar-refractivity contribution < 1.29 is 22.7 Å². The second kappa shape index (κ2) is 15.9. The van der Waals surface area contributed by atoms with E-state index in [9.17, 15) is 18.0 Å². The Kier molecular flexibility index (Phi) is 11.8. The maximum absolute atomic E-state index is 14.1. The van der Waals surface area contributed by atoms with Gasteiger partial charge in [-0.1, -0.05) is 79.6 Å². The third kappa shape index (κ3) is 9.18. The number of nitrogens with one attached hydrogen (secondary N) is 1. The Balaban J connectivity index is 1.65. The quantitative estimate of drug-likeness (QED) is 0.155. The van der Waals surface area contributed by atoms with Crippen molar-refractivity contribution in [1.82, 2.24) is 10.2 Å². The zero-order valence-corrected chi connectivity index (χ0v) is 26.9. The Hall–Kier alpha value is -4.63. The molecule has 1 N–H and O–H groups in total. The van der Waals surface area contributed by atoms with Gasteiger partial charge in [0.15, 0.2) is 0 Å². The van der Waals surface area contributed by atoms with Gasteiger partial charge in [-0.2, -0.15) is 0 Å². The Morgan fingerprint density at radius 2 is 1.42 bits per heavy atom. The van der Waals surface area contributed by atoms with E-state index in [1.165, 1.54) is 17.0 Å². The molecule has 4 aromatic carbocycles. The van der Waals surface area contributed by atoms with Crippen molar-refractivity contribution in [1.29, 1.82) is 0 Å². The molecule has 0 radical (unpaired) electrons. The van der Waals surface area contributed by atoms with Crippen molar-refractivity contribution in [2.24, 2.45) is 0 Å². The van der Waals surface area contributed by atoms with Gasteiger partial charge in [0, 0.05) is 13.1 Å². The Morgan fingerprint density at radius 3 is 2.04 bits per heavy atom. The van der Waals surface area contributed by atoms with Crippen LogP contribution in [0.25, 0.3) is 0 Å². The summed E-state index contributed by atoms with van der Waals surface area (Å²) in [5, 5.41) is 2.91. The molecule has 8 nitrogen and oxygen atoms in total. The van der Waals surface area contributed by atoms with Gasteiger partial charge >= 0.3 is 0 Å². The number of unbranched alkanes of at least 4 members (excludes halogenated alkanes) is 1. The zero-order valence-electron chi connectivity index (χ0n) is 26.1. The monoisotopic (exact) mass is 627 g/mol. The van der Waals surface area contributed by atoms with Crippen molar-refractivity contribution in [3.05, 3.63) is 120 Å². The van der Waals surface area contributed by atoms with Crippen LogP contribution in [-0.2, 0) is 26.0 Å². The summed E-state index contributed by atoms with van der Waals surface area (Å²) in [5.41, 5.74) is 2.22. The fourth-order valence-electron chi connectivity index (χ4n) is 4.78. The Labute approximate surface area is 266 Å². The van der Waals surface area contributed by atoms with Crippen molar-refractivity contribution in [2.75, 3.05) is 23.9 Å². The van der Waals surface area contributed by atoms with Crippen LogP contribution in [0.2, 0.25) is 0 Å². The van der Waals surface area contributed by atoms with Gasteiger partial charge in [0.2, 0.25) is 11.8 Å². The van der Waals surface area contributed by atoms with Crippen molar-refractivity contribution >= 4 is 27.5 Å². The third-order valence-electron chi connectivity index (χ3n) is 7.47. The highest BCUT2D eigenvalue weighted by atomic mass is 32.2. The molecule has 4 rings (SSSR count). The molecule has 2 amide bonds. The van der Waals surface area contributed by atoms with Crippen LogP contribution in [-0.4, -0.2) is 50.8 Å². The molecular formula is C36H41N3O5S. The van der Waals surface area contributed by atoms with E-state index in [0.717, 1.165) is 28.3 Å². The SMILES string of the molecule is CCCCNC(=O)[C@H](C)N(CCc1ccccc1)C(=O)CN(c1ccc(Oc2ccccc2)cc1)S(=O)(=O)c1ccc(C)cc1. The highest BCUT2D eigenvalue weighted by Crippen LogP contribution is 2.28. The average Bonchev–Trinajstić information content (AvgIpc) is 3.05. The maximum atomic E-state index is 14.1. The largest absolute Gasteiger partial charge is 0.457 e. The average molecular weight is 628 g/mol. The van der Waals surface area contributed by atoms with Crippen LogP contribution in [0, 0.1) is 6.92 Å². The van der Waals surface area contributed by atoms with Crippen molar-refractivity contribution in [3.63, 3.8) is 0 Å². The summed E-state index contributed by atoms with van der Waals surface area (Å²) in [7, 11) is -4.16. The lowest BCUT2D eigenvalue weighted by molar-refractivity contribution is -0.138. The fraction of sp³-hybridized carbons (Fsp3) is 0.278. The first-order chi connectivity index (χ1) is 21.7. The van der Waals surface area contributed by atoms with Crippen LogP contribution in [0.5, 0.6) is 11.5 Å². The molecule has 0 aliphatic heterocycles. The van der Waals surface area contributed by atoms with E-state index in [-0.39, 0.29) is 17.3 Å². The minimum Gasteiger partial charge on any atom is -0.457 e. The maximum Gasteiger partial charge on any atom is 0.264 e. The van der Waals surface area contributed by atoms with Gasteiger partial charge in [0.1, 0.15) is 24.1 Å². The first-order valence-electron chi connectivity index (χ1n) is 15.2. The Morgan fingerprint density at radius 1 is 0.822 bits per heavy atom. The number of nitrogens with zero attached hydrogens (tertiary/aromatic N) is 2. The summed E-state index contributed by atoms with van der Waals surface area (Å²) >= 11 is 0. The zero-order chi connectivity index (χ0) is 32.2. The van der Waals surface area contributed by atoms with E-state index in [4.69, 9.17) is 4.74 Å². The number of hydrogen-bond donors (Lipinski definition) is 1. The first-order valence-corrected chi connectivity index (χ1v) is 16.7. The molecule has 0 aromatic heterocycles. The second-order valence-electron chi connectivity index (χ2n) is 10.9. The molecule has 0 aliphatic carbocycles. The highest BCUT2D eigenvalue weighted by Gasteiger charge is 2.32. The standard InChI is InChI=1S/C36H41N3O5S/c1-4-5-25-37-36(41)29(3)38(26-24-30-12-8-6-9-13-30)35(40)27-39(45(42,43)34-22-16-28(2)17-23-34)31-18-20-33(21-19-31)44-32-14-10-7-11-15-32/h6-23,29H,4-5,24-27H2,1-3H3,(H,37,41)/t29-/m0/s1. The molecule has 0 bridgehead atoms. The minimum atomic E-state index is -4.16. The van der Waals surface area contributed by atoms with Crippen LogP contribution < -0.4 is 14.4 Å². The summed E-state index contributed by atoms with van der Waals surface area (Å²) < 4.78 is 35.2. The van der Waals surface area contributed by atoms with Gasteiger partial charge in [-0.3, -0.25) is 13.9 Å². The molecule has 0 spiro atoms. The van der Waals surface area contributed by atoms with E-state index < -0.39 is 28.5 Å². The van der Waals surface area contributed by atoms with Gasteiger partial charge < -0.3 is 15.0 Å². The van der Waals surface area contributed by atoms with Gasteiger partial charge in [0.25, 0.3) is 10.0 Å². The summed E-state index contributed by atoms with van der Waals surface area (Å²) in [6.07, 6.45) is 2.25. The van der Waals surface area contributed by atoms with Crippen LogP contribution in [0.1, 0.15) is 37.8 Å². The highest BCUT2D eigenvalue weighted by molar-refractivity contribution is 7.92. The predicted molar refractivity (Wildman–Crippen MR) is 178 cm³/mol.